The van der Waals surface area contributed by atoms with Crippen LogP contribution in [0.25, 0.3) is 21.3 Å². The summed E-state index contributed by atoms with van der Waals surface area (Å²) in [4.78, 5) is 27.9. The first-order valence-corrected chi connectivity index (χ1v) is 13.9. The van der Waals surface area contributed by atoms with Crippen molar-refractivity contribution in [3.63, 3.8) is 0 Å². The molecule has 0 bridgehead atoms. The van der Waals surface area contributed by atoms with Crippen LogP contribution in [0.4, 0.5) is 10.7 Å². The smallest absolute Gasteiger partial charge is 0.261 e. The van der Waals surface area contributed by atoms with Gasteiger partial charge >= 0.3 is 0 Å². The zero-order valence-corrected chi connectivity index (χ0v) is 21.6. The number of thiophene rings is 1. The number of aryl methyl sites for hydroxylation is 1. The summed E-state index contributed by atoms with van der Waals surface area (Å²) in [6, 6.07) is 6.52. The maximum absolute atomic E-state index is 12.8. The molecule has 1 aliphatic carbocycles. The highest BCUT2D eigenvalue weighted by atomic mass is 32.1. The number of nitrogens with one attached hydrogen (secondary N) is 1. The predicted octanol–water partition coefficient (Wildman–Crippen LogP) is 6.09. The fourth-order valence-electron chi connectivity index (χ4n) is 5.81. The molecule has 3 heterocycles. The average Bonchev–Trinajstić information content (AvgIpc) is 3.48. The number of rotatable bonds is 7. The molecule has 186 valence electrons. The quantitative estimate of drug-likeness (QED) is 0.391. The van der Waals surface area contributed by atoms with E-state index in [1.807, 2.05) is 13.1 Å². The minimum atomic E-state index is -0.355. The molecule has 0 spiro atoms. The summed E-state index contributed by atoms with van der Waals surface area (Å²) in [7, 11) is 0. The highest BCUT2D eigenvalue weighted by Crippen LogP contribution is 2.44. The van der Waals surface area contributed by atoms with Crippen LogP contribution in [0.15, 0.2) is 34.3 Å². The topological polar surface area (TPSA) is 81.6 Å². The largest absolute Gasteiger partial charge is 0.391 e. The number of hydrogen-bond acceptors (Lipinski definition) is 6. The highest BCUT2D eigenvalue weighted by molar-refractivity contribution is 7.21. The molecule has 1 aromatic carbocycles. The van der Waals surface area contributed by atoms with Gasteiger partial charge in [-0.15, -0.1) is 11.3 Å². The summed E-state index contributed by atoms with van der Waals surface area (Å²) < 4.78 is 0. The molecule has 2 aliphatic rings. The summed E-state index contributed by atoms with van der Waals surface area (Å²) in [5.41, 5.74) is 3.91. The lowest BCUT2D eigenvalue weighted by atomic mass is 9.78. The van der Waals surface area contributed by atoms with Crippen LogP contribution in [0.5, 0.6) is 0 Å². The van der Waals surface area contributed by atoms with Crippen LogP contribution in [0, 0.1) is 11.8 Å². The molecule has 1 saturated carbocycles. The third-order valence-electron chi connectivity index (χ3n) is 7.87. The van der Waals surface area contributed by atoms with E-state index in [2.05, 4.69) is 40.0 Å². The Morgan fingerprint density at radius 3 is 2.86 bits per heavy atom. The van der Waals surface area contributed by atoms with Gasteiger partial charge < -0.3 is 15.0 Å². The van der Waals surface area contributed by atoms with Crippen LogP contribution in [-0.4, -0.2) is 40.5 Å². The second-order valence-electron chi connectivity index (χ2n) is 10.2. The number of aromatic nitrogens is 2. The normalized spacial score (nSPS) is 20.3. The Labute approximate surface area is 211 Å². The lowest BCUT2D eigenvalue weighted by Crippen LogP contribution is -2.21. The molecule has 2 unspecified atom stereocenters. The van der Waals surface area contributed by atoms with Gasteiger partial charge in [-0.25, -0.2) is 4.98 Å². The van der Waals surface area contributed by atoms with E-state index in [-0.39, 0.29) is 11.7 Å². The predicted molar refractivity (Wildman–Crippen MR) is 146 cm³/mol. The van der Waals surface area contributed by atoms with Crippen molar-refractivity contribution in [2.24, 2.45) is 16.8 Å². The highest BCUT2D eigenvalue weighted by Gasteiger charge is 2.27. The van der Waals surface area contributed by atoms with E-state index in [0.29, 0.717) is 11.9 Å². The molecule has 2 fully saturated rings. The molecule has 2 N–H and O–H groups in total. The van der Waals surface area contributed by atoms with Crippen LogP contribution in [0.3, 0.4) is 0 Å². The number of β-amino-alcohol motifs (C(OH)–C–C–N with tert-alkyl or cyclic N) is 1. The Morgan fingerprint density at radius 1 is 1.29 bits per heavy atom. The third kappa shape index (κ3) is 5.07. The number of aliphatic hydroxyl groups excluding tert-OH is 1. The Bertz CT molecular complexity index is 1260. The zero-order chi connectivity index (χ0) is 24.4. The second kappa shape index (κ2) is 10.6. The van der Waals surface area contributed by atoms with Crippen molar-refractivity contribution in [2.75, 3.05) is 18.0 Å². The lowest BCUT2D eigenvalue weighted by Gasteiger charge is -2.27. The van der Waals surface area contributed by atoms with Gasteiger partial charge in [-0.1, -0.05) is 51.2 Å². The molecule has 7 heteroatoms. The summed E-state index contributed by atoms with van der Waals surface area (Å²) in [5.74, 6) is 1.61. The Balaban J connectivity index is 1.46. The van der Waals surface area contributed by atoms with Crippen molar-refractivity contribution >= 4 is 39.1 Å². The fraction of sp³-hybridized carbons (Fsp3) is 0.536. The molecule has 5 rings (SSSR count). The van der Waals surface area contributed by atoms with E-state index in [4.69, 9.17) is 4.99 Å². The van der Waals surface area contributed by atoms with Gasteiger partial charge in [0.2, 0.25) is 0 Å². The number of hydrogen-bond donors (Lipinski definition) is 2. The molecule has 0 amide bonds. The molecule has 0 radical (unpaired) electrons. The van der Waals surface area contributed by atoms with E-state index in [9.17, 15) is 9.90 Å². The molecular formula is C28H36N4O2S. The van der Waals surface area contributed by atoms with Gasteiger partial charge in [-0.2, -0.15) is 0 Å². The first-order valence-electron chi connectivity index (χ1n) is 13.1. The van der Waals surface area contributed by atoms with E-state index >= 15 is 0 Å². The van der Waals surface area contributed by atoms with Crippen molar-refractivity contribution in [3.8, 4) is 10.4 Å². The summed E-state index contributed by atoms with van der Waals surface area (Å²) in [6.07, 6.45) is 12.9. The number of aliphatic hydroxyl groups is 1. The second-order valence-corrected chi connectivity index (χ2v) is 11.2. The summed E-state index contributed by atoms with van der Waals surface area (Å²) in [6.45, 7) is 5.67. The number of anilines is 1. The van der Waals surface area contributed by atoms with Gasteiger partial charge in [-0.3, -0.25) is 9.79 Å². The molecule has 2 atom stereocenters. The van der Waals surface area contributed by atoms with Crippen LogP contribution in [0.1, 0.15) is 64.4 Å². The molecule has 1 aliphatic heterocycles. The van der Waals surface area contributed by atoms with Gasteiger partial charge in [0.05, 0.1) is 28.5 Å². The first kappa shape index (κ1) is 24.2. The average molecular weight is 493 g/mol. The molecule has 1 saturated heterocycles. The van der Waals surface area contributed by atoms with E-state index in [1.54, 1.807) is 11.3 Å². The zero-order valence-electron chi connectivity index (χ0n) is 20.8. The molecule has 2 aromatic heterocycles. The Morgan fingerprint density at radius 2 is 2.11 bits per heavy atom. The van der Waals surface area contributed by atoms with E-state index in [0.717, 1.165) is 57.9 Å². The lowest BCUT2D eigenvalue weighted by molar-refractivity contribution is 0.198. The molecule has 3 aromatic rings. The Kier molecular flexibility index (Phi) is 7.35. The van der Waals surface area contributed by atoms with Crippen molar-refractivity contribution in [2.45, 2.75) is 71.3 Å². The number of fused-ring (bicyclic) bond motifs is 1. The third-order valence-corrected chi connectivity index (χ3v) is 9.16. The number of aliphatic imine (C=N–C) groups is 1. The summed E-state index contributed by atoms with van der Waals surface area (Å²) in [5, 5.41) is 11.6. The number of nitrogens with zero attached hydrogens (tertiary/aromatic N) is 3. The molecular weight excluding hydrogens is 456 g/mol. The van der Waals surface area contributed by atoms with Crippen LogP contribution in [-0.2, 0) is 6.42 Å². The van der Waals surface area contributed by atoms with Crippen molar-refractivity contribution < 1.29 is 5.11 Å². The van der Waals surface area contributed by atoms with Crippen molar-refractivity contribution in [1.29, 1.82) is 0 Å². The standard InChI is InChI=1S/C28H36N4O2S/c1-3-29-23-15-21(12-11-20(23)10-9-18(2)19-7-5-4-6-8-19)26-25-24(27(34)31-17-30-25)28(35-26)32-14-13-22(33)16-32/h3,11-12,15,17-19,22,33H,4-10,13-14,16H2,1-2H3,(H,30,31,34). The van der Waals surface area contributed by atoms with Gasteiger partial charge in [0.15, 0.2) is 0 Å². The van der Waals surface area contributed by atoms with Crippen LogP contribution < -0.4 is 10.5 Å². The number of H-pyrrole nitrogens is 1. The minimum absolute atomic E-state index is 0.131. The van der Waals surface area contributed by atoms with Gasteiger partial charge in [0.1, 0.15) is 10.4 Å². The molecule has 35 heavy (non-hydrogen) atoms. The number of aromatic amines is 1. The van der Waals surface area contributed by atoms with Crippen LogP contribution in [0.2, 0.25) is 0 Å². The van der Waals surface area contributed by atoms with Gasteiger partial charge in [0.25, 0.3) is 5.56 Å². The minimum Gasteiger partial charge on any atom is -0.391 e. The monoisotopic (exact) mass is 492 g/mol. The van der Waals surface area contributed by atoms with Crippen molar-refractivity contribution in [3.05, 3.63) is 40.4 Å². The molecule has 6 nitrogen and oxygen atoms in total. The van der Waals surface area contributed by atoms with Gasteiger partial charge in [-0.05, 0) is 55.2 Å². The summed E-state index contributed by atoms with van der Waals surface area (Å²) >= 11 is 1.59. The van der Waals surface area contributed by atoms with Gasteiger partial charge in [0, 0.05) is 19.3 Å². The van der Waals surface area contributed by atoms with Crippen molar-refractivity contribution in [1.82, 2.24) is 9.97 Å². The Hall–Kier alpha value is -2.51. The van der Waals surface area contributed by atoms with E-state index in [1.165, 1.54) is 50.4 Å². The van der Waals surface area contributed by atoms with E-state index < -0.39 is 0 Å². The maximum Gasteiger partial charge on any atom is 0.261 e. The SMILES string of the molecule is CC=Nc1cc(-c2sc(N3CCC(O)C3)c3c(=O)[nH]cnc23)ccc1CCC(C)C1CCCCC1. The van der Waals surface area contributed by atoms with Crippen LogP contribution >= 0.6 is 11.3 Å². The fourth-order valence-corrected chi connectivity index (χ4v) is 7.08. The number of benzene rings is 1. The maximum atomic E-state index is 12.8. The first-order chi connectivity index (χ1) is 17.0.